The van der Waals surface area contributed by atoms with E-state index < -0.39 is 17.9 Å². The van der Waals surface area contributed by atoms with Crippen molar-refractivity contribution in [2.45, 2.75) is 51.1 Å². The molecule has 0 radical (unpaired) electrons. The number of carbonyl (C=O) groups is 3. The zero-order valence-corrected chi connectivity index (χ0v) is 21.4. The Labute approximate surface area is 217 Å². The summed E-state index contributed by atoms with van der Waals surface area (Å²) < 4.78 is 0. The second-order valence-corrected chi connectivity index (χ2v) is 11.1. The van der Waals surface area contributed by atoms with Gasteiger partial charge in [-0.3, -0.25) is 19.3 Å². The summed E-state index contributed by atoms with van der Waals surface area (Å²) in [7, 11) is 0. The number of nitrogens with one attached hydrogen (secondary N) is 1. The second kappa shape index (κ2) is 8.98. The van der Waals surface area contributed by atoms with E-state index in [1.165, 1.54) is 4.90 Å². The number of carbonyl (C=O) groups excluding carboxylic acids is 3. The van der Waals surface area contributed by atoms with Crippen LogP contribution in [-0.2, 0) is 14.4 Å². The van der Waals surface area contributed by atoms with E-state index in [-0.39, 0.29) is 41.5 Å². The first-order valence-electron chi connectivity index (χ1n) is 13.3. The largest absolute Gasteiger partial charge is 0.348 e. The summed E-state index contributed by atoms with van der Waals surface area (Å²) >= 11 is 0. The fourth-order valence-corrected chi connectivity index (χ4v) is 6.92. The van der Waals surface area contributed by atoms with E-state index in [4.69, 9.17) is 0 Å². The molecule has 0 saturated carbocycles. The number of hydrogen-bond donors (Lipinski definition) is 1. The van der Waals surface area contributed by atoms with Crippen LogP contribution >= 0.6 is 0 Å². The lowest BCUT2D eigenvalue weighted by Crippen LogP contribution is -2.51. The van der Waals surface area contributed by atoms with Crippen LogP contribution in [0.1, 0.15) is 72.9 Å². The summed E-state index contributed by atoms with van der Waals surface area (Å²) in [4.78, 5) is 43.4. The van der Waals surface area contributed by atoms with Gasteiger partial charge in [-0.2, -0.15) is 0 Å². The highest BCUT2D eigenvalue weighted by atomic mass is 16.2. The van der Waals surface area contributed by atoms with Crippen molar-refractivity contribution in [1.82, 2.24) is 10.2 Å². The monoisotopic (exact) mass is 492 g/mol. The number of rotatable bonds is 6. The maximum atomic E-state index is 14.2. The zero-order chi connectivity index (χ0) is 25.8. The first-order chi connectivity index (χ1) is 17.9. The van der Waals surface area contributed by atoms with E-state index in [2.05, 4.69) is 29.6 Å². The van der Waals surface area contributed by atoms with E-state index >= 15 is 0 Å². The molecule has 1 N–H and O–H groups in total. The van der Waals surface area contributed by atoms with Crippen molar-refractivity contribution in [1.29, 1.82) is 0 Å². The van der Waals surface area contributed by atoms with Gasteiger partial charge in [-0.1, -0.05) is 92.7 Å². The predicted molar refractivity (Wildman–Crippen MR) is 142 cm³/mol. The number of imide groups is 1. The van der Waals surface area contributed by atoms with Gasteiger partial charge in [0.25, 0.3) is 0 Å². The summed E-state index contributed by atoms with van der Waals surface area (Å²) in [5.41, 5.74) is 5.53. The molecule has 0 aromatic heterocycles. The van der Waals surface area contributed by atoms with Crippen molar-refractivity contribution in [2.24, 2.45) is 17.8 Å². The third-order valence-corrected chi connectivity index (χ3v) is 8.45. The van der Waals surface area contributed by atoms with Crippen LogP contribution < -0.4 is 5.32 Å². The summed E-state index contributed by atoms with van der Waals surface area (Å²) in [6.07, 6.45) is 0.430. The Morgan fingerprint density at radius 1 is 0.730 bits per heavy atom. The van der Waals surface area contributed by atoms with Crippen LogP contribution in [0, 0.1) is 17.8 Å². The Morgan fingerprint density at radius 3 is 1.59 bits per heavy atom. The fourth-order valence-electron chi connectivity index (χ4n) is 6.92. The van der Waals surface area contributed by atoms with Crippen LogP contribution in [0.3, 0.4) is 0 Å². The minimum absolute atomic E-state index is 0.136. The molecule has 1 aliphatic heterocycles. The highest BCUT2D eigenvalue weighted by Crippen LogP contribution is 2.61. The number of amides is 3. The molecule has 4 aliphatic rings. The van der Waals surface area contributed by atoms with Crippen molar-refractivity contribution in [3.8, 4) is 0 Å². The molecule has 7 rings (SSSR count). The Hall–Kier alpha value is -3.73. The summed E-state index contributed by atoms with van der Waals surface area (Å²) in [6, 6.07) is 25.1. The molecule has 5 heteroatoms. The van der Waals surface area contributed by atoms with Gasteiger partial charge in [-0.15, -0.1) is 0 Å². The molecule has 1 fully saturated rings. The number of nitrogens with zero attached hydrogens (tertiary/aromatic N) is 1. The van der Waals surface area contributed by atoms with Gasteiger partial charge in [0.15, 0.2) is 0 Å². The molecular formula is C32H32N2O3. The summed E-state index contributed by atoms with van der Waals surface area (Å²) in [6.45, 7) is 5.98. The molecular weight excluding hydrogens is 460 g/mol. The summed E-state index contributed by atoms with van der Waals surface area (Å²) in [5.74, 6) is -1.84. The van der Waals surface area contributed by atoms with E-state index in [1.807, 2.05) is 75.4 Å². The molecule has 3 aromatic rings. The number of hydrogen-bond acceptors (Lipinski definition) is 3. The van der Waals surface area contributed by atoms with Gasteiger partial charge in [-0.25, -0.2) is 0 Å². The highest BCUT2D eigenvalue weighted by Gasteiger charge is 2.63. The fraction of sp³-hybridized carbons (Fsp3) is 0.344. The molecule has 3 amide bonds. The molecule has 3 aromatic carbocycles. The highest BCUT2D eigenvalue weighted by molar-refractivity contribution is 6.10. The van der Waals surface area contributed by atoms with Gasteiger partial charge in [0.05, 0.1) is 17.9 Å². The van der Waals surface area contributed by atoms with Crippen molar-refractivity contribution in [3.05, 3.63) is 107 Å². The van der Waals surface area contributed by atoms with E-state index in [0.717, 1.165) is 27.8 Å². The standard InChI is InChI=1S/C32H32N2O3/c1-18(2)17-25(30(35)33-19(3)20-11-5-4-6-12-20)34-31(36)28-26-21-13-7-8-14-22(21)27(29(28)32(34)37)24-16-10-9-15-23(24)26/h4-16,18-19,25-29H,17H2,1-3H3,(H,33,35)/t19-,25-,26?,27?,28-,29-/m0/s1. The minimum Gasteiger partial charge on any atom is -0.348 e. The van der Waals surface area contributed by atoms with Gasteiger partial charge in [0, 0.05) is 11.8 Å². The van der Waals surface area contributed by atoms with Crippen molar-refractivity contribution in [2.75, 3.05) is 0 Å². The lowest BCUT2D eigenvalue weighted by molar-refractivity contribution is -0.148. The van der Waals surface area contributed by atoms with Crippen LogP contribution in [-0.4, -0.2) is 28.7 Å². The first-order valence-corrected chi connectivity index (χ1v) is 13.3. The normalized spacial score (nSPS) is 24.9. The average molecular weight is 493 g/mol. The van der Waals surface area contributed by atoms with Crippen molar-refractivity contribution in [3.63, 3.8) is 0 Å². The molecule has 188 valence electrons. The quantitative estimate of drug-likeness (QED) is 0.483. The Balaban J connectivity index is 1.38. The number of likely N-dealkylation sites (tertiary alicyclic amines) is 1. The topological polar surface area (TPSA) is 66.5 Å². The smallest absolute Gasteiger partial charge is 0.243 e. The molecule has 4 atom stereocenters. The third-order valence-electron chi connectivity index (χ3n) is 8.45. The van der Waals surface area contributed by atoms with E-state index in [9.17, 15) is 14.4 Å². The lowest BCUT2D eigenvalue weighted by atomic mass is 9.55. The molecule has 1 heterocycles. The zero-order valence-electron chi connectivity index (χ0n) is 21.4. The van der Waals surface area contributed by atoms with Gasteiger partial charge in [-0.05, 0) is 47.1 Å². The predicted octanol–water partition coefficient (Wildman–Crippen LogP) is 5.17. The molecule has 1 saturated heterocycles. The van der Waals surface area contributed by atoms with Crippen molar-refractivity contribution >= 4 is 17.7 Å². The number of benzene rings is 3. The van der Waals surface area contributed by atoms with Crippen LogP contribution in [0.15, 0.2) is 78.9 Å². The molecule has 0 spiro atoms. The Morgan fingerprint density at radius 2 is 1.16 bits per heavy atom. The van der Waals surface area contributed by atoms with Gasteiger partial charge in [0.2, 0.25) is 17.7 Å². The molecule has 37 heavy (non-hydrogen) atoms. The van der Waals surface area contributed by atoms with Gasteiger partial charge in [0.1, 0.15) is 6.04 Å². The molecule has 2 bridgehead atoms. The second-order valence-electron chi connectivity index (χ2n) is 11.1. The maximum absolute atomic E-state index is 14.2. The molecule has 5 nitrogen and oxygen atoms in total. The van der Waals surface area contributed by atoms with Gasteiger partial charge < -0.3 is 5.32 Å². The molecule has 0 unspecified atom stereocenters. The maximum Gasteiger partial charge on any atom is 0.243 e. The average Bonchev–Trinajstić information content (AvgIpc) is 3.17. The van der Waals surface area contributed by atoms with E-state index in [1.54, 1.807) is 0 Å². The first kappa shape index (κ1) is 23.7. The van der Waals surface area contributed by atoms with Crippen molar-refractivity contribution < 1.29 is 14.4 Å². The van der Waals surface area contributed by atoms with Crippen LogP contribution in [0.2, 0.25) is 0 Å². The minimum atomic E-state index is -0.831. The summed E-state index contributed by atoms with van der Waals surface area (Å²) in [5, 5.41) is 3.09. The third kappa shape index (κ3) is 3.63. The Kier molecular flexibility index (Phi) is 5.74. The lowest BCUT2D eigenvalue weighted by Gasteiger charge is -2.45. The van der Waals surface area contributed by atoms with Crippen LogP contribution in [0.4, 0.5) is 0 Å². The van der Waals surface area contributed by atoms with E-state index in [0.29, 0.717) is 6.42 Å². The SMILES string of the molecule is CC(C)C[C@@H](C(=O)N[C@@H](C)c1ccccc1)N1C(=O)[C@H]2C3c4ccccc4C(c4ccccc43)[C@@H]2C1=O. The van der Waals surface area contributed by atoms with Crippen LogP contribution in [0.5, 0.6) is 0 Å². The van der Waals surface area contributed by atoms with Gasteiger partial charge >= 0.3 is 0 Å². The Bertz CT molecular complexity index is 1270. The van der Waals surface area contributed by atoms with Crippen LogP contribution in [0.25, 0.3) is 0 Å². The molecule has 3 aliphatic carbocycles.